The Bertz CT molecular complexity index is 702. The summed E-state index contributed by atoms with van der Waals surface area (Å²) in [7, 11) is 0. The monoisotopic (exact) mass is 342 g/mol. The maximum atomic E-state index is 12.8. The Hall–Kier alpha value is -2.21. The second-order valence-corrected chi connectivity index (χ2v) is 7.02. The second-order valence-electron chi connectivity index (χ2n) is 7.02. The van der Waals surface area contributed by atoms with Crippen molar-refractivity contribution in [1.82, 2.24) is 10.7 Å². The number of nitrogens with one attached hydrogen (secondary N) is 2. The van der Waals surface area contributed by atoms with Crippen molar-refractivity contribution in [1.29, 1.82) is 0 Å². The number of nitrogens with two attached hydrogens (primary N) is 1. The van der Waals surface area contributed by atoms with E-state index in [4.69, 9.17) is 10.8 Å². The van der Waals surface area contributed by atoms with Crippen molar-refractivity contribution >= 4 is 17.5 Å². The second kappa shape index (κ2) is 7.35. The highest BCUT2D eigenvalue weighted by atomic mass is 16.2. The van der Waals surface area contributed by atoms with Crippen LogP contribution in [0.1, 0.15) is 46.0 Å². The number of hydrogen-bond acceptors (Lipinski definition) is 4. The fourth-order valence-corrected chi connectivity index (χ4v) is 3.71. The number of carbonyl (C=O) groups is 2. The van der Waals surface area contributed by atoms with Crippen LogP contribution >= 0.6 is 0 Å². The van der Waals surface area contributed by atoms with Gasteiger partial charge in [-0.25, -0.2) is 5.84 Å². The molecule has 0 spiro atoms. The molecule has 0 aromatic rings. The van der Waals surface area contributed by atoms with E-state index in [2.05, 4.69) is 16.8 Å². The summed E-state index contributed by atoms with van der Waals surface area (Å²) in [6.07, 6.45) is 10.1. The van der Waals surface area contributed by atoms with Crippen LogP contribution in [-0.4, -0.2) is 23.6 Å². The van der Waals surface area contributed by atoms with Crippen molar-refractivity contribution in [2.75, 3.05) is 0 Å². The van der Waals surface area contributed by atoms with Crippen LogP contribution in [-0.2, 0) is 9.59 Å². The van der Waals surface area contributed by atoms with Crippen LogP contribution in [0.15, 0.2) is 40.1 Å². The maximum absolute atomic E-state index is 12.8. The van der Waals surface area contributed by atoms with Crippen LogP contribution in [0.4, 0.5) is 0 Å². The molecule has 6 nitrogen and oxygen atoms in total. The molecule has 1 saturated carbocycles. The number of aliphatic imine (C=N–C) groups is 1. The first-order valence-electron chi connectivity index (χ1n) is 9.03. The largest absolute Gasteiger partial charge is 0.344 e. The van der Waals surface area contributed by atoms with Gasteiger partial charge >= 0.3 is 0 Å². The predicted octanol–water partition coefficient (Wildman–Crippen LogP) is 1.90. The van der Waals surface area contributed by atoms with E-state index >= 15 is 0 Å². The molecule has 0 radical (unpaired) electrons. The molecule has 1 fully saturated rings. The van der Waals surface area contributed by atoms with Gasteiger partial charge in [0.05, 0.1) is 5.70 Å². The fourth-order valence-electron chi connectivity index (χ4n) is 3.71. The molecule has 4 N–H and O–H groups in total. The van der Waals surface area contributed by atoms with Gasteiger partial charge in [-0.2, -0.15) is 0 Å². The number of fused-ring (bicyclic) bond motifs is 2. The van der Waals surface area contributed by atoms with Gasteiger partial charge in [0.15, 0.2) is 0 Å². The summed E-state index contributed by atoms with van der Waals surface area (Å²) in [6, 6.07) is -0.591. The number of carbonyl (C=O) groups excluding carboxylic acids is 2. The third kappa shape index (κ3) is 3.44. The highest BCUT2D eigenvalue weighted by molar-refractivity contribution is 6.06. The lowest BCUT2D eigenvalue weighted by molar-refractivity contribution is -0.132. The molecule has 1 aliphatic heterocycles. The topological polar surface area (TPSA) is 96.6 Å². The number of rotatable bonds is 5. The fraction of sp³-hybridized carbons (Fsp3) is 0.526. The first kappa shape index (κ1) is 17.6. The first-order valence-corrected chi connectivity index (χ1v) is 9.03. The van der Waals surface area contributed by atoms with Crippen molar-refractivity contribution in [3.63, 3.8) is 0 Å². The van der Waals surface area contributed by atoms with E-state index in [1.807, 2.05) is 26.0 Å². The summed E-state index contributed by atoms with van der Waals surface area (Å²) >= 11 is 0. The summed E-state index contributed by atoms with van der Waals surface area (Å²) in [5.74, 6) is 4.78. The van der Waals surface area contributed by atoms with Crippen molar-refractivity contribution in [3.8, 4) is 0 Å². The molecule has 0 saturated heterocycles. The van der Waals surface area contributed by atoms with Gasteiger partial charge in [-0.05, 0) is 48.8 Å². The maximum Gasteiger partial charge on any atom is 0.256 e. The number of amides is 2. The lowest BCUT2D eigenvalue weighted by Gasteiger charge is -2.28. The van der Waals surface area contributed by atoms with Crippen LogP contribution in [0.25, 0.3) is 0 Å². The van der Waals surface area contributed by atoms with Gasteiger partial charge in [0.2, 0.25) is 5.91 Å². The molecule has 0 bridgehead atoms. The molecule has 2 amide bonds. The quantitative estimate of drug-likeness (QED) is 0.404. The summed E-state index contributed by atoms with van der Waals surface area (Å²) in [5, 5.41) is 2.92. The zero-order valence-corrected chi connectivity index (χ0v) is 14.8. The summed E-state index contributed by atoms with van der Waals surface area (Å²) in [5.41, 5.74) is 6.83. The molecule has 25 heavy (non-hydrogen) atoms. The van der Waals surface area contributed by atoms with Crippen LogP contribution in [0.2, 0.25) is 0 Å². The summed E-state index contributed by atoms with van der Waals surface area (Å²) < 4.78 is 0. The standard InChI is InChI=1S/C19H26N4O2/c1-3-11(2)17(19(25)23-20)22-18(24)12-8-9-16-14(10-12)13-6-4-5-7-15(13)21-16/h4-5,7,11-12,17H,3,6,8-10,20H2,1-2H3,(H,22,24)(H,23,25)/t11-,12?,17-/m0/s1. The normalized spacial score (nSPS) is 23.9. The Labute approximate surface area is 148 Å². The highest BCUT2D eigenvalue weighted by Crippen LogP contribution is 2.39. The van der Waals surface area contributed by atoms with Gasteiger partial charge in [0.1, 0.15) is 6.04 Å². The van der Waals surface area contributed by atoms with E-state index in [0.717, 1.165) is 37.1 Å². The number of nitrogens with zero attached hydrogens (tertiary/aromatic N) is 1. The molecular weight excluding hydrogens is 316 g/mol. The number of allylic oxidation sites excluding steroid dienone is 5. The summed E-state index contributed by atoms with van der Waals surface area (Å²) in [4.78, 5) is 29.5. The van der Waals surface area contributed by atoms with Crippen molar-refractivity contribution in [2.45, 2.75) is 52.0 Å². The molecule has 1 heterocycles. The molecule has 6 heteroatoms. The molecular formula is C19H26N4O2. The van der Waals surface area contributed by atoms with Gasteiger partial charge in [-0.15, -0.1) is 0 Å². The Morgan fingerprint density at radius 1 is 1.40 bits per heavy atom. The minimum absolute atomic E-state index is 0.0275. The smallest absolute Gasteiger partial charge is 0.256 e. The Balaban J connectivity index is 1.72. The van der Waals surface area contributed by atoms with Gasteiger partial charge in [0, 0.05) is 11.6 Å². The Morgan fingerprint density at radius 2 is 2.20 bits per heavy atom. The molecule has 134 valence electrons. The summed E-state index contributed by atoms with van der Waals surface area (Å²) in [6.45, 7) is 3.94. The van der Waals surface area contributed by atoms with Crippen LogP contribution in [0, 0.1) is 11.8 Å². The van der Waals surface area contributed by atoms with Gasteiger partial charge in [-0.3, -0.25) is 20.0 Å². The van der Waals surface area contributed by atoms with Gasteiger partial charge < -0.3 is 5.32 Å². The molecule has 1 unspecified atom stereocenters. The Kier molecular flexibility index (Phi) is 5.18. The third-order valence-electron chi connectivity index (χ3n) is 5.48. The lowest BCUT2D eigenvalue weighted by Crippen LogP contribution is -2.53. The van der Waals surface area contributed by atoms with Gasteiger partial charge in [-0.1, -0.05) is 32.4 Å². The van der Waals surface area contributed by atoms with E-state index in [1.165, 1.54) is 11.1 Å². The van der Waals surface area contributed by atoms with E-state index < -0.39 is 6.04 Å². The van der Waals surface area contributed by atoms with Crippen LogP contribution < -0.4 is 16.6 Å². The van der Waals surface area contributed by atoms with Crippen LogP contribution in [0.3, 0.4) is 0 Å². The average Bonchev–Trinajstić information content (AvgIpc) is 3.02. The minimum Gasteiger partial charge on any atom is -0.344 e. The molecule has 0 aromatic heterocycles. The molecule has 3 atom stereocenters. The molecule has 2 aliphatic carbocycles. The van der Waals surface area contributed by atoms with E-state index in [9.17, 15) is 9.59 Å². The van der Waals surface area contributed by atoms with Gasteiger partial charge in [0.25, 0.3) is 5.91 Å². The molecule has 3 rings (SSSR count). The molecule has 0 aromatic carbocycles. The highest BCUT2D eigenvalue weighted by Gasteiger charge is 2.35. The SMILES string of the molecule is CC[C@H](C)[C@H](NC(=O)C1CCC2=NC3=CC=CCC3=C2C1)C(=O)NN. The third-order valence-corrected chi connectivity index (χ3v) is 5.48. The predicted molar refractivity (Wildman–Crippen MR) is 97.4 cm³/mol. The average molecular weight is 342 g/mol. The lowest BCUT2D eigenvalue weighted by atomic mass is 9.81. The van der Waals surface area contributed by atoms with Crippen LogP contribution in [0.5, 0.6) is 0 Å². The Morgan fingerprint density at radius 3 is 2.92 bits per heavy atom. The minimum atomic E-state index is -0.591. The van der Waals surface area contributed by atoms with E-state index in [-0.39, 0.29) is 23.7 Å². The van der Waals surface area contributed by atoms with E-state index in [1.54, 1.807) is 0 Å². The van der Waals surface area contributed by atoms with Crippen molar-refractivity contribution in [2.24, 2.45) is 22.7 Å². The van der Waals surface area contributed by atoms with Crippen molar-refractivity contribution in [3.05, 3.63) is 35.1 Å². The van der Waals surface area contributed by atoms with Crippen molar-refractivity contribution < 1.29 is 9.59 Å². The number of hydrazine groups is 1. The zero-order chi connectivity index (χ0) is 18.0. The molecule has 3 aliphatic rings. The first-order chi connectivity index (χ1) is 12.0. The zero-order valence-electron chi connectivity index (χ0n) is 14.8. The van der Waals surface area contributed by atoms with E-state index in [0.29, 0.717) is 6.42 Å². The number of hydrogen-bond donors (Lipinski definition) is 3.